The number of benzene rings is 1. The van der Waals surface area contributed by atoms with Gasteiger partial charge in [-0.2, -0.15) is 0 Å². The average molecular weight is 292 g/mol. The van der Waals surface area contributed by atoms with Gasteiger partial charge >= 0.3 is 0 Å². The molecule has 0 N–H and O–H groups in total. The van der Waals surface area contributed by atoms with E-state index in [1.807, 2.05) is 27.7 Å². The van der Waals surface area contributed by atoms with Crippen LogP contribution >= 0.6 is 0 Å². The molecule has 0 fully saturated rings. The molecule has 2 amide bonds. The zero-order chi connectivity index (χ0) is 16.4. The highest BCUT2D eigenvalue weighted by molar-refractivity contribution is 5.99. The molecule has 0 aliphatic rings. The Hall–Kier alpha value is -1.84. The van der Waals surface area contributed by atoms with E-state index in [2.05, 4.69) is 0 Å². The Bertz CT molecular complexity index is 458. The molecule has 1 aromatic rings. The minimum Gasteiger partial charge on any atom is -0.342 e. The summed E-state index contributed by atoms with van der Waals surface area (Å²) in [5, 5.41) is 0. The van der Waals surface area contributed by atoms with E-state index in [0.717, 1.165) is 6.42 Å². The first kappa shape index (κ1) is 19.2. The van der Waals surface area contributed by atoms with Crippen molar-refractivity contribution in [3.8, 4) is 0 Å². The maximum atomic E-state index is 12.1. The van der Waals surface area contributed by atoms with E-state index in [9.17, 15) is 9.59 Å². The Kier molecular flexibility index (Phi) is 9.10. The van der Waals surface area contributed by atoms with Crippen LogP contribution in [0, 0.1) is 0 Å². The molecular weight excluding hydrogens is 264 g/mol. The second-order valence-corrected chi connectivity index (χ2v) is 4.63. The SMILES string of the molecule is CC.CCCN(C)C(=O)c1cccc(C(=O)N(C)CC)c1. The van der Waals surface area contributed by atoms with Crippen LogP contribution in [0.2, 0.25) is 0 Å². The summed E-state index contributed by atoms with van der Waals surface area (Å²) in [5.74, 6) is -0.106. The fraction of sp³-hybridized carbons (Fsp3) is 0.529. The third-order valence-corrected chi connectivity index (χ3v) is 3.08. The number of amides is 2. The highest BCUT2D eigenvalue weighted by atomic mass is 16.2. The van der Waals surface area contributed by atoms with Gasteiger partial charge in [0.25, 0.3) is 11.8 Å². The molecule has 4 nitrogen and oxygen atoms in total. The summed E-state index contributed by atoms with van der Waals surface area (Å²) >= 11 is 0. The second-order valence-electron chi connectivity index (χ2n) is 4.63. The molecule has 0 bridgehead atoms. The first-order valence-corrected chi connectivity index (χ1v) is 7.62. The first-order valence-electron chi connectivity index (χ1n) is 7.62. The first-order chi connectivity index (χ1) is 10.0. The smallest absolute Gasteiger partial charge is 0.253 e. The van der Waals surface area contributed by atoms with Crippen LogP contribution in [0.3, 0.4) is 0 Å². The number of hydrogen-bond donors (Lipinski definition) is 0. The zero-order valence-corrected chi connectivity index (χ0v) is 14.1. The Labute approximate surface area is 128 Å². The van der Waals surface area contributed by atoms with E-state index in [1.165, 1.54) is 0 Å². The van der Waals surface area contributed by atoms with E-state index in [0.29, 0.717) is 24.2 Å². The van der Waals surface area contributed by atoms with Crippen LogP contribution in [0.1, 0.15) is 54.8 Å². The van der Waals surface area contributed by atoms with Gasteiger partial charge in [0, 0.05) is 38.3 Å². The van der Waals surface area contributed by atoms with Gasteiger partial charge in [0.1, 0.15) is 0 Å². The van der Waals surface area contributed by atoms with Crippen molar-refractivity contribution in [1.29, 1.82) is 0 Å². The summed E-state index contributed by atoms with van der Waals surface area (Å²) in [5.41, 5.74) is 1.12. The van der Waals surface area contributed by atoms with E-state index >= 15 is 0 Å². The Morgan fingerprint density at radius 1 is 0.952 bits per heavy atom. The predicted octanol–water partition coefficient (Wildman–Crippen LogP) is 3.29. The second kappa shape index (κ2) is 9.97. The molecule has 0 aliphatic carbocycles. The van der Waals surface area contributed by atoms with Crippen LogP contribution in [-0.4, -0.2) is 48.8 Å². The maximum Gasteiger partial charge on any atom is 0.253 e. The molecular formula is C17H28N2O2. The fourth-order valence-electron chi connectivity index (χ4n) is 1.81. The third-order valence-electron chi connectivity index (χ3n) is 3.08. The minimum atomic E-state index is -0.0599. The van der Waals surface area contributed by atoms with Crippen LogP contribution in [0.5, 0.6) is 0 Å². The molecule has 4 heteroatoms. The van der Waals surface area contributed by atoms with E-state index in [-0.39, 0.29) is 11.8 Å². The maximum absolute atomic E-state index is 12.1. The third kappa shape index (κ3) is 5.58. The predicted molar refractivity (Wildman–Crippen MR) is 87.7 cm³/mol. The van der Waals surface area contributed by atoms with Gasteiger partial charge in [-0.15, -0.1) is 0 Å². The van der Waals surface area contributed by atoms with Gasteiger partial charge in [-0.3, -0.25) is 9.59 Å². The summed E-state index contributed by atoms with van der Waals surface area (Å²) in [6.07, 6.45) is 0.916. The summed E-state index contributed by atoms with van der Waals surface area (Å²) in [6.45, 7) is 9.31. The van der Waals surface area contributed by atoms with Gasteiger partial charge < -0.3 is 9.80 Å². The van der Waals surface area contributed by atoms with Gasteiger partial charge in [-0.1, -0.05) is 26.8 Å². The number of rotatable bonds is 5. The van der Waals surface area contributed by atoms with Crippen molar-refractivity contribution in [2.75, 3.05) is 27.2 Å². The summed E-state index contributed by atoms with van der Waals surface area (Å²) in [7, 11) is 3.53. The number of carbonyl (C=O) groups excluding carboxylic acids is 2. The van der Waals surface area contributed by atoms with Gasteiger partial charge in [-0.05, 0) is 31.5 Å². The lowest BCUT2D eigenvalue weighted by Gasteiger charge is -2.18. The van der Waals surface area contributed by atoms with Gasteiger partial charge in [-0.25, -0.2) is 0 Å². The molecule has 0 aliphatic heterocycles. The van der Waals surface area contributed by atoms with Crippen molar-refractivity contribution in [2.45, 2.75) is 34.1 Å². The molecule has 21 heavy (non-hydrogen) atoms. The molecule has 0 atom stereocenters. The number of nitrogens with zero attached hydrogens (tertiary/aromatic N) is 2. The highest BCUT2D eigenvalue weighted by Crippen LogP contribution is 2.10. The molecule has 0 saturated carbocycles. The van der Waals surface area contributed by atoms with Crippen LogP contribution < -0.4 is 0 Å². The van der Waals surface area contributed by atoms with Gasteiger partial charge in [0.15, 0.2) is 0 Å². The molecule has 1 rings (SSSR count). The molecule has 118 valence electrons. The van der Waals surface area contributed by atoms with Crippen molar-refractivity contribution < 1.29 is 9.59 Å². The molecule has 1 aromatic carbocycles. The highest BCUT2D eigenvalue weighted by Gasteiger charge is 2.15. The van der Waals surface area contributed by atoms with E-state index < -0.39 is 0 Å². The molecule has 0 saturated heterocycles. The Morgan fingerprint density at radius 2 is 1.43 bits per heavy atom. The summed E-state index contributed by atoms with van der Waals surface area (Å²) in [4.78, 5) is 27.5. The normalized spacial score (nSPS) is 9.43. The quantitative estimate of drug-likeness (QED) is 0.835. The summed E-state index contributed by atoms with van der Waals surface area (Å²) in [6, 6.07) is 6.91. The van der Waals surface area contributed by atoms with E-state index in [4.69, 9.17) is 0 Å². The van der Waals surface area contributed by atoms with Gasteiger partial charge in [0.2, 0.25) is 0 Å². The van der Waals surface area contributed by atoms with Crippen LogP contribution in [0.4, 0.5) is 0 Å². The van der Waals surface area contributed by atoms with Crippen molar-refractivity contribution >= 4 is 11.8 Å². The molecule has 0 heterocycles. The van der Waals surface area contributed by atoms with Crippen molar-refractivity contribution in [3.63, 3.8) is 0 Å². The van der Waals surface area contributed by atoms with Crippen LogP contribution in [0.25, 0.3) is 0 Å². The molecule has 0 unspecified atom stereocenters. The lowest BCUT2D eigenvalue weighted by Crippen LogP contribution is -2.29. The fourth-order valence-corrected chi connectivity index (χ4v) is 1.81. The van der Waals surface area contributed by atoms with Crippen molar-refractivity contribution in [3.05, 3.63) is 35.4 Å². The molecule has 0 radical (unpaired) electrons. The Balaban J connectivity index is 0.00000191. The summed E-state index contributed by atoms with van der Waals surface area (Å²) < 4.78 is 0. The topological polar surface area (TPSA) is 40.6 Å². The molecule has 0 aromatic heterocycles. The van der Waals surface area contributed by atoms with Crippen molar-refractivity contribution in [2.24, 2.45) is 0 Å². The van der Waals surface area contributed by atoms with E-state index in [1.54, 1.807) is 48.2 Å². The standard InChI is InChI=1S/C15H22N2O2.C2H6/c1-5-10-17(4)15(19)13-9-7-8-12(11-13)14(18)16(3)6-2;1-2/h7-9,11H,5-6,10H2,1-4H3;1-2H3. The lowest BCUT2D eigenvalue weighted by atomic mass is 10.1. The van der Waals surface area contributed by atoms with Crippen LogP contribution in [-0.2, 0) is 0 Å². The lowest BCUT2D eigenvalue weighted by molar-refractivity contribution is 0.0795. The minimum absolute atomic E-state index is 0.0457. The number of carbonyl (C=O) groups is 2. The van der Waals surface area contributed by atoms with Gasteiger partial charge in [0.05, 0.1) is 0 Å². The zero-order valence-electron chi connectivity index (χ0n) is 14.1. The Morgan fingerprint density at radius 3 is 1.86 bits per heavy atom. The monoisotopic (exact) mass is 292 g/mol. The average Bonchev–Trinajstić information content (AvgIpc) is 2.54. The van der Waals surface area contributed by atoms with Crippen molar-refractivity contribution in [1.82, 2.24) is 9.80 Å². The largest absolute Gasteiger partial charge is 0.342 e. The molecule has 0 spiro atoms. The van der Waals surface area contributed by atoms with Crippen LogP contribution in [0.15, 0.2) is 24.3 Å². The number of hydrogen-bond acceptors (Lipinski definition) is 2.